The van der Waals surface area contributed by atoms with E-state index in [-0.39, 0.29) is 7.42 Å². The van der Waals surface area contributed by atoms with Gasteiger partial charge in [-0.05, 0) is 17.8 Å². The molecule has 0 aromatic rings. The van der Waals surface area contributed by atoms with E-state index in [1.807, 2.05) is 0 Å². The van der Waals surface area contributed by atoms with Crippen LogP contribution in [0, 0.1) is 0 Å². The Morgan fingerprint density at radius 3 is 2.56 bits per heavy atom. The molecule has 0 nitrogen and oxygen atoms in total. The smallest absolute Gasteiger partial charge is 0.129 e. The second-order valence-corrected chi connectivity index (χ2v) is 18.3. The molecule has 1 unspecified atom stereocenters. The Hall–Kier alpha value is 1.39. The summed E-state index contributed by atoms with van der Waals surface area (Å²) in [5, 5.41) is 0. The molecule has 0 spiro atoms. The molecular weight excluding hydrogens is 276 g/mol. The number of hydrogen-bond acceptors (Lipinski definition) is 0. The van der Waals surface area contributed by atoms with Gasteiger partial charge < -0.3 is 0 Å². The third-order valence-electron chi connectivity index (χ3n) is 1.71. The summed E-state index contributed by atoms with van der Waals surface area (Å²) in [4.78, 5) is 0. The fourth-order valence-electron chi connectivity index (χ4n) is 1.23. The lowest BCUT2D eigenvalue weighted by atomic mass is 10.6. The van der Waals surface area contributed by atoms with Crippen molar-refractivity contribution in [2.45, 2.75) is 30.7 Å². The Bertz CT molecular complexity index is 105. The maximum Gasteiger partial charge on any atom is 0.133 e. The Balaban J connectivity index is 2.41. The first-order valence-electron chi connectivity index (χ1n) is 3.29. The van der Waals surface area contributed by atoms with Crippen molar-refractivity contribution < 1.29 is 0 Å². The number of halogens is 2. The first kappa shape index (κ1) is 8.49. The van der Waals surface area contributed by atoms with Crippen molar-refractivity contribution in [1.29, 1.82) is 0 Å². The van der Waals surface area contributed by atoms with Crippen LogP contribution in [-0.2, 0) is 0 Å². The summed E-state index contributed by atoms with van der Waals surface area (Å²) in [6, 6.07) is 2.98. The molecule has 1 fully saturated rings. The topological polar surface area (TPSA) is 0 Å². The lowest BCUT2D eigenvalue weighted by Gasteiger charge is -2.27. The van der Waals surface area contributed by atoms with Gasteiger partial charge in [0.2, 0.25) is 0 Å². The van der Waals surface area contributed by atoms with E-state index in [1.54, 1.807) is 0 Å². The summed E-state index contributed by atoms with van der Waals surface area (Å²) in [6.07, 6.45) is 1.47. The van der Waals surface area contributed by atoms with Gasteiger partial charge in [-0.3, -0.25) is 0 Å². The predicted octanol–water partition coefficient (Wildman–Crippen LogP) is 3.29. The maximum atomic E-state index is 3.87. The molecule has 1 heterocycles. The predicted molar refractivity (Wildman–Crippen MR) is 54.3 cm³/mol. The van der Waals surface area contributed by atoms with E-state index in [0.29, 0.717) is 0 Å². The van der Waals surface area contributed by atoms with Gasteiger partial charge in [0, 0.05) is 0 Å². The Kier molecular flexibility index (Phi) is 3.01. The summed E-state index contributed by atoms with van der Waals surface area (Å²) in [6.45, 7) is 1.60. The maximum absolute atomic E-state index is 3.87. The SMILES string of the molecule is C[Si]1(Br)CCC[Si](Br)C1. The Morgan fingerprint density at radius 1 is 1.56 bits per heavy atom. The third kappa shape index (κ3) is 2.86. The van der Waals surface area contributed by atoms with E-state index in [4.69, 9.17) is 0 Å². The van der Waals surface area contributed by atoms with Crippen LogP contribution in [-0.4, -0.2) is 14.1 Å². The first-order valence-corrected chi connectivity index (χ1v) is 12.6. The van der Waals surface area contributed by atoms with Gasteiger partial charge in [0.25, 0.3) is 0 Å². The summed E-state index contributed by atoms with van der Waals surface area (Å²) in [5.41, 5.74) is 1.51. The molecule has 1 rings (SSSR count). The molecule has 1 aliphatic heterocycles. The van der Waals surface area contributed by atoms with Crippen LogP contribution in [0.2, 0.25) is 24.3 Å². The molecule has 53 valence electrons. The average Bonchev–Trinajstić information content (AvgIpc) is 1.60. The molecule has 1 saturated heterocycles. The van der Waals surface area contributed by atoms with Crippen LogP contribution >= 0.6 is 30.6 Å². The molecule has 0 N–H and O–H groups in total. The van der Waals surface area contributed by atoms with Gasteiger partial charge >= 0.3 is 0 Å². The Labute approximate surface area is 75.2 Å². The van der Waals surface area contributed by atoms with Crippen LogP contribution in [0.15, 0.2) is 0 Å². The summed E-state index contributed by atoms with van der Waals surface area (Å²) in [7, 11) is -0.0722. The lowest BCUT2D eigenvalue weighted by Crippen LogP contribution is -2.31. The number of hydrogen-bond donors (Lipinski definition) is 0. The van der Waals surface area contributed by atoms with Crippen LogP contribution in [0.25, 0.3) is 0 Å². The van der Waals surface area contributed by atoms with Crippen molar-refractivity contribution in [3.05, 3.63) is 0 Å². The quantitative estimate of drug-likeness (QED) is 0.474. The molecule has 0 aliphatic carbocycles. The van der Waals surface area contributed by atoms with Crippen molar-refractivity contribution in [3.8, 4) is 0 Å². The van der Waals surface area contributed by atoms with Gasteiger partial charge in [0.05, 0.1) is 0 Å². The highest BCUT2D eigenvalue weighted by molar-refractivity contribution is 9.27. The highest BCUT2D eigenvalue weighted by Crippen LogP contribution is 2.34. The molecule has 0 amide bonds. The van der Waals surface area contributed by atoms with Crippen LogP contribution in [0.1, 0.15) is 6.42 Å². The molecule has 0 bridgehead atoms. The van der Waals surface area contributed by atoms with Crippen molar-refractivity contribution in [2.24, 2.45) is 0 Å². The van der Waals surface area contributed by atoms with Gasteiger partial charge in [-0.1, -0.05) is 13.0 Å². The van der Waals surface area contributed by atoms with Gasteiger partial charge in [0.1, 0.15) is 14.1 Å². The normalized spacial score (nSPS) is 39.0. The van der Waals surface area contributed by atoms with Crippen molar-refractivity contribution in [3.63, 3.8) is 0 Å². The van der Waals surface area contributed by atoms with E-state index in [1.165, 1.54) is 24.2 Å². The minimum absolute atomic E-state index is 0.0722. The number of rotatable bonds is 0. The molecule has 0 saturated carbocycles. The van der Waals surface area contributed by atoms with Crippen LogP contribution in [0.3, 0.4) is 0 Å². The van der Waals surface area contributed by atoms with E-state index in [0.717, 1.165) is 0 Å². The minimum atomic E-state index is -0.843. The molecule has 0 aromatic heterocycles. The van der Waals surface area contributed by atoms with Gasteiger partial charge in [0.15, 0.2) is 0 Å². The van der Waals surface area contributed by atoms with Crippen LogP contribution < -0.4 is 0 Å². The zero-order valence-electron chi connectivity index (χ0n) is 5.58. The average molecular weight is 287 g/mol. The van der Waals surface area contributed by atoms with Gasteiger partial charge in [-0.2, -0.15) is 0 Å². The molecule has 1 aliphatic rings. The van der Waals surface area contributed by atoms with Crippen LogP contribution in [0.4, 0.5) is 0 Å². The largest absolute Gasteiger partial charge is 0.133 e. The van der Waals surface area contributed by atoms with E-state index < -0.39 is 6.69 Å². The fourth-order valence-corrected chi connectivity index (χ4v) is 21.4. The third-order valence-corrected chi connectivity index (χ3v) is 15.9. The second kappa shape index (κ2) is 3.19. The van der Waals surface area contributed by atoms with Crippen molar-refractivity contribution in [1.82, 2.24) is 0 Å². The van der Waals surface area contributed by atoms with Crippen molar-refractivity contribution in [2.75, 3.05) is 0 Å². The fraction of sp³-hybridized carbons (Fsp3) is 1.00. The highest BCUT2D eigenvalue weighted by atomic mass is 79.9. The highest BCUT2D eigenvalue weighted by Gasteiger charge is 2.31. The van der Waals surface area contributed by atoms with E-state index in [9.17, 15) is 0 Å². The van der Waals surface area contributed by atoms with Crippen LogP contribution in [0.5, 0.6) is 0 Å². The zero-order valence-corrected chi connectivity index (χ0v) is 10.8. The standard InChI is InChI=1S/C5H11Br2Si2/c1-9(7)4-2-3-8(6)5-9/h2-5H2,1H3. The van der Waals surface area contributed by atoms with Gasteiger partial charge in [-0.15, -0.1) is 30.6 Å². The molecule has 1 radical (unpaired) electrons. The molecular formula is C5H11Br2Si2. The molecule has 1 atom stereocenters. The second-order valence-electron chi connectivity index (χ2n) is 2.96. The van der Waals surface area contributed by atoms with Gasteiger partial charge in [-0.25, -0.2) is 0 Å². The minimum Gasteiger partial charge on any atom is -0.129 e. The summed E-state index contributed by atoms with van der Waals surface area (Å²) >= 11 is 7.64. The summed E-state index contributed by atoms with van der Waals surface area (Å²) < 4.78 is 0. The molecule has 4 heteroatoms. The Morgan fingerprint density at radius 2 is 2.22 bits per heavy atom. The molecule has 0 aromatic carbocycles. The molecule has 9 heavy (non-hydrogen) atoms. The van der Waals surface area contributed by atoms with E-state index in [2.05, 4.69) is 37.1 Å². The lowest BCUT2D eigenvalue weighted by molar-refractivity contribution is 1.02. The van der Waals surface area contributed by atoms with Crippen molar-refractivity contribution >= 4 is 44.7 Å². The zero-order chi connectivity index (χ0) is 6.91. The summed E-state index contributed by atoms with van der Waals surface area (Å²) in [5.74, 6) is 0. The monoisotopic (exact) mass is 285 g/mol. The first-order chi connectivity index (χ1) is 4.10. The van der Waals surface area contributed by atoms with E-state index >= 15 is 0 Å².